The minimum absolute atomic E-state index is 0.689. The molecule has 12 heavy (non-hydrogen) atoms. The van der Waals surface area contributed by atoms with Crippen molar-refractivity contribution >= 4 is 11.6 Å². The first-order valence-electron chi connectivity index (χ1n) is 4.96. The Bertz CT molecular complexity index is 110. The molecule has 0 radical (unpaired) electrons. The van der Waals surface area contributed by atoms with Gasteiger partial charge in [0.05, 0.1) is 0 Å². The number of ether oxygens (including phenoxy) is 1. The highest BCUT2D eigenvalue weighted by molar-refractivity contribution is 6.18. The summed E-state index contributed by atoms with van der Waals surface area (Å²) < 4.78 is 5.31. The summed E-state index contributed by atoms with van der Waals surface area (Å²) in [5.74, 6) is 2.34. The SMILES string of the molecule is CC(CCl)CCCC1CCOC1. The van der Waals surface area contributed by atoms with Gasteiger partial charge in [0.25, 0.3) is 0 Å². The van der Waals surface area contributed by atoms with Crippen LogP contribution in [0.15, 0.2) is 0 Å². The van der Waals surface area contributed by atoms with Gasteiger partial charge in [-0.1, -0.05) is 13.3 Å². The van der Waals surface area contributed by atoms with Gasteiger partial charge in [0.15, 0.2) is 0 Å². The maximum atomic E-state index is 5.72. The van der Waals surface area contributed by atoms with Crippen molar-refractivity contribution in [2.75, 3.05) is 19.1 Å². The van der Waals surface area contributed by atoms with E-state index in [2.05, 4.69) is 6.92 Å². The highest BCUT2D eigenvalue weighted by Gasteiger charge is 2.14. The van der Waals surface area contributed by atoms with Crippen LogP contribution in [0.3, 0.4) is 0 Å². The lowest BCUT2D eigenvalue weighted by molar-refractivity contribution is 0.183. The zero-order valence-corrected chi connectivity index (χ0v) is 8.65. The van der Waals surface area contributed by atoms with Gasteiger partial charge in [0.1, 0.15) is 0 Å². The van der Waals surface area contributed by atoms with Gasteiger partial charge >= 0.3 is 0 Å². The molecule has 0 bridgehead atoms. The van der Waals surface area contributed by atoms with Crippen molar-refractivity contribution in [2.45, 2.75) is 32.6 Å². The molecule has 0 spiro atoms. The van der Waals surface area contributed by atoms with Crippen molar-refractivity contribution < 1.29 is 4.74 Å². The van der Waals surface area contributed by atoms with Crippen LogP contribution in [0.1, 0.15) is 32.6 Å². The zero-order valence-electron chi connectivity index (χ0n) is 7.89. The van der Waals surface area contributed by atoms with E-state index in [4.69, 9.17) is 16.3 Å². The summed E-state index contributed by atoms with van der Waals surface area (Å²) in [6, 6.07) is 0. The molecule has 0 aromatic carbocycles. The Morgan fingerprint density at radius 2 is 2.42 bits per heavy atom. The molecule has 72 valence electrons. The predicted octanol–water partition coefficient (Wildman–Crippen LogP) is 3.07. The van der Waals surface area contributed by atoms with Crippen molar-refractivity contribution in [3.05, 3.63) is 0 Å². The number of halogens is 1. The molecule has 0 amide bonds. The van der Waals surface area contributed by atoms with Crippen LogP contribution in [-0.4, -0.2) is 19.1 Å². The summed E-state index contributed by atoms with van der Waals surface area (Å²) in [5, 5.41) is 0. The van der Waals surface area contributed by atoms with Gasteiger partial charge in [-0.05, 0) is 31.1 Å². The fourth-order valence-corrected chi connectivity index (χ4v) is 1.80. The zero-order chi connectivity index (χ0) is 8.81. The normalized spacial score (nSPS) is 26.0. The molecule has 0 aliphatic carbocycles. The van der Waals surface area contributed by atoms with Crippen LogP contribution < -0.4 is 0 Å². The first-order chi connectivity index (χ1) is 5.83. The highest BCUT2D eigenvalue weighted by Crippen LogP contribution is 2.20. The maximum absolute atomic E-state index is 5.72. The molecule has 2 unspecified atom stereocenters. The second kappa shape index (κ2) is 5.82. The fourth-order valence-electron chi connectivity index (χ4n) is 1.64. The number of hydrogen-bond donors (Lipinski definition) is 0. The summed E-state index contributed by atoms with van der Waals surface area (Å²) >= 11 is 5.72. The Morgan fingerprint density at radius 3 is 3.00 bits per heavy atom. The van der Waals surface area contributed by atoms with E-state index >= 15 is 0 Å². The van der Waals surface area contributed by atoms with Crippen molar-refractivity contribution in [3.8, 4) is 0 Å². The molecule has 1 fully saturated rings. The minimum Gasteiger partial charge on any atom is -0.381 e. The van der Waals surface area contributed by atoms with E-state index in [1.807, 2.05) is 0 Å². The topological polar surface area (TPSA) is 9.23 Å². The van der Waals surface area contributed by atoms with E-state index in [1.54, 1.807) is 0 Å². The third-order valence-corrected chi connectivity index (χ3v) is 3.12. The van der Waals surface area contributed by atoms with Crippen molar-refractivity contribution in [1.82, 2.24) is 0 Å². The van der Waals surface area contributed by atoms with E-state index in [0.717, 1.165) is 25.0 Å². The lowest BCUT2D eigenvalue weighted by atomic mass is 9.98. The van der Waals surface area contributed by atoms with Gasteiger partial charge in [0.2, 0.25) is 0 Å². The fraction of sp³-hybridized carbons (Fsp3) is 1.00. The Kier molecular flexibility index (Phi) is 5.01. The summed E-state index contributed by atoms with van der Waals surface area (Å²) in [5.41, 5.74) is 0. The molecule has 2 atom stereocenters. The van der Waals surface area contributed by atoms with Crippen LogP contribution in [0.4, 0.5) is 0 Å². The third kappa shape index (κ3) is 3.77. The quantitative estimate of drug-likeness (QED) is 0.606. The molecule has 0 saturated carbocycles. The summed E-state index contributed by atoms with van der Waals surface area (Å²) in [6.07, 6.45) is 5.21. The maximum Gasteiger partial charge on any atom is 0.0495 e. The van der Waals surface area contributed by atoms with Crippen LogP contribution >= 0.6 is 11.6 Å². The van der Waals surface area contributed by atoms with Gasteiger partial charge in [0, 0.05) is 19.1 Å². The van der Waals surface area contributed by atoms with Gasteiger partial charge in [-0.25, -0.2) is 0 Å². The average molecular weight is 191 g/mol. The predicted molar refractivity (Wildman–Crippen MR) is 52.7 cm³/mol. The Morgan fingerprint density at radius 1 is 1.58 bits per heavy atom. The lowest BCUT2D eigenvalue weighted by Gasteiger charge is -2.09. The molecular weight excluding hydrogens is 172 g/mol. The van der Waals surface area contributed by atoms with E-state index < -0.39 is 0 Å². The Balaban J connectivity index is 1.94. The van der Waals surface area contributed by atoms with Gasteiger partial charge in [-0.3, -0.25) is 0 Å². The number of rotatable bonds is 5. The Labute approximate surface area is 80.4 Å². The minimum atomic E-state index is 0.689. The number of alkyl halides is 1. The molecule has 0 N–H and O–H groups in total. The van der Waals surface area contributed by atoms with Gasteiger partial charge < -0.3 is 4.74 Å². The van der Waals surface area contributed by atoms with Crippen LogP contribution in [0.25, 0.3) is 0 Å². The summed E-state index contributed by atoms with van der Waals surface area (Å²) in [6.45, 7) is 4.20. The van der Waals surface area contributed by atoms with Crippen molar-refractivity contribution in [1.29, 1.82) is 0 Å². The van der Waals surface area contributed by atoms with Crippen LogP contribution in [0.5, 0.6) is 0 Å². The molecule has 1 saturated heterocycles. The molecule has 1 rings (SSSR count). The van der Waals surface area contributed by atoms with E-state index in [9.17, 15) is 0 Å². The molecule has 1 heterocycles. The largest absolute Gasteiger partial charge is 0.381 e. The highest BCUT2D eigenvalue weighted by atomic mass is 35.5. The third-order valence-electron chi connectivity index (χ3n) is 2.60. The Hall–Kier alpha value is 0.250. The summed E-state index contributed by atoms with van der Waals surface area (Å²) in [4.78, 5) is 0. The number of hydrogen-bond acceptors (Lipinski definition) is 1. The van der Waals surface area contributed by atoms with E-state index in [1.165, 1.54) is 25.7 Å². The lowest BCUT2D eigenvalue weighted by Crippen LogP contribution is -2.01. The molecule has 0 aromatic heterocycles. The molecule has 1 nitrogen and oxygen atoms in total. The van der Waals surface area contributed by atoms with E-state index in [0.29, 0.717) is 5.92 Å². The molecule has 0 aromatic rings. The van der Waals surface area contributed by atoms with Gasteiger partial charge in [-0.15, -0.1) is 11.6 Å². The van der Waals surface area contributed by atoms with Crippen LogP contribution in [-0.2, 0) is 4.74 Å². The molecule has 1 aliphatic heterocycles. The monoisotopic (exact) mass is 190 g/mol. The molecule has 2 heteroatoms. The smallest absolute Gasteiger partial charge is 0.0495 e. The van der Waals surface area contributed by atoms with Crippen molar-refractivity contribution in [3.63, 3.8) is 0 Å². The van der Waals surface area contributed by atoms with Crippen molar-refractivity contribution in [2.24, 2.45) is 11.8 Å². The standard InChI is InChI=1S/C10H19ClO/c1-9(7-11)3-2-4-10-5-6-12-8-10/h9-10H,2-8H2,1H3. The van der Waals surface area contributed by atoms with E-state index in [-0.39, 0.29) is 0 Å². The first-order valence-corrected chi connectivity index (χ1v) is 5.50. The molecular formula is C10H19ClO. The second-order valence-corrected chi connectivity index (χ2v) is 4.23. The average Bonchev–Trinajstić information content (AvgIpc) is 2.57. The van der Waals surface area contributed by atoms with Gasteiger partial charge in [-0.2, -0.15) is 0 Å². The summed E-state index contributed by atoms with van der Waals surface area (Å²) in [7, 11) is 0. The second-order valence-electron chi connectivity index (χ2n) is 3.92. The van der Waals surface area contributed by atoms with Crippen LogP contribution in [0.2, 0.25) is 0 Å². The molecule has 1 aliphatic rings. The first kappa shape index (κ1) is 10.3. The van der Waals surface area contributed by atoms with Crippen LogP contribution in [0, 0.1) is 11.8 Å².